The molecule has 33 heavy (non-hydrogen) atoms. The number of aliphatic carboxylic acids is 1. The smallest absolute Gasteiger partial charge is 0.475 e. The third kappa shape index (κ3) is 7.31. The molecule has 10 heteroatoms. The molecule has 2 N–H and O–H groups in total. The number of hydrogen-bond acceptors (Lipinski definition) is 4. The van der Waals surface area contributed by atoms with Gasteiger partial charge in [0.2, 0.25) is 5.91 Å². The number of halogens is 3. The van der Waals surface area contributed by atoms with Crippen LogP contribution in [0, 0.1) is 5.92 Å². The van der Waals surface area contributed by atoms with Gasteiger partial charge in [-0.2, -0.15) is 18.3 Å². The third-order valence-electron chi connectivity index (χ3n) is 5.73. The van der Waals surface area contributed by atoms with Gasteiger partial charge in [0.25, 0.3) is 0 Å². The molecule has 1 aromatic carbocycles. The number of carbonyl (C=O) groups excluding carboxylic acids is 1. The Labute approximate surface area is 189 Å². The zero-order valence-electron chi connectivity index (χ0n) is 18.2. The average molecular weight is 467 g/mol. The molecule has 1 fully saturated rings. The summed E-state index contributed by atoms with van der Waals surface area (Å²) in [4.78, 5) is 21.3. The number of fused-ring (bicyclic) bond motifs is 1. The molecule has 7 nitrogen and oxygen atoms in total. The number of hydrogen-bond donors (Lipinski definition) is 2. The zero-order chi connectivity index (χ0) is 23.8. The number of aromatic nitrogens is 2. The highest BCUT2D eigenvalue weighted by atomic mass is 19.4. The number of nitrogens with zero attached hydrogens (tertiary/aromatic N) is 2. The van der Waals surface area contributed by atoms with Crippen molar-refractivity contribution in [1.82, 2.24) is 15.1 Å². The topological polar surface area (TPSA) is 93.5 Å². The average Bonchev–Trinajstić information content (AvgIpc) is 3.21. The van der Waals surface area contributed by atoms with Gasteiger partial charge in [0.1, 0.15) is 6.10 Å². The SMILES string of the molecule is O=C(NCC1OCCc2cn(Cc3ccccc3)nc21)C1CCCCC1.O=C(O)C(F)(F)F. The van der Waals surface area contributed by atoms with Crippen LogP contribution >= 0.6 is 0 Å². The minimum Gasteiger partial charge on any atom is -0.475 e. The molecular formula is C23H28F3N3O4. The predicted molar refractivity (Wildman–Crippen MR) is 113 cm³/mol. The van der Waals surface area contributed by atoms with Crippen LogP contribution in [-0.2, 0) is 27.3 Å². The van der Waals surface area contributed by atoms with Crippen molar-refractivity contribution in [2.45, 2.75) is 57.3 Å². The number of benzene rings is 1. The maximum absolute atomic E-state index is 12.4. The van der Waals surface area contributed by atoms with Gasteiger partial charge in [-0.25, -0.2) is 4.79 Å². The first-order chi connectivity index (χ1) is 15.7. The number of ether oxygens (including phenoxy) is 1. The number of carbonyl (C=O) groups is 2. The van der Waals surface area contributed by atoms with Crippen LogP contribution in [0.1, 0.15) is 55.0 Å². The second kappa shape index (κ2) is 11.3. The standard InChI is InChI=1S/C21H27N3O2.C2HF3O2/c25-21(17-9-5-2-6-10-17)22-13-19-20-18(11-12-26-19)15-24(23-20)14-16-7-3-1-4-8-16;3-2(4,5)1(6)7/h1,3-4,7-8,15,17,19H,2,5-6,9-14H2,(H,22,25);(H,6,7). The summed E-state index contributed by atoms with van der Waals surface area (Å²) in [5.74, 6) is -2.39. The van der Waals surface area contributed by atoms with Gasteiger partial charge in [0.15, 0.2) is 0 Å². The summed E-state index contributed by atoms with van der Waals surface area (Å²) in [7, 11) is 0. The normalized spacial score (nSPS) is 18.6. The van der Waals surface area contributed by atoms with Gasteiger partial charge in [0, 0.05) is 18.7 Å². The lowest BCUT2D eigenvalue weighted by molar-refractivity contribution is -0.192. The lowest BCUT2D eigenvalue weighted by Crippen LogP contribution is -2.36. The van der Waals surface area contributed by atoms with Crippen LogP contribution in [0.5, 0.6) is 0 Å². The van der Waals surface area contributed by atoms with E-state index in [4.69, 9.17) is 19.7 Å². The molecule has 0 spiro atoms. The molecule has 180 valence electrons. The molecule has 1 aromatic heterocycles. The van der Waals surface area contributed by atoms with Crippen LogP contribution in [0.3, 0.4) is 0 Å². The highest BCUT2D eigenvalue weighted by Gasteiger charge is 2.38. The van der Waals surface area contributed by atoms with Gasteiger partial charge >= 0.3 is 12.1 Å². The summed E-state index contributed by atoms with van der Waals surface area (Å²) in [6.45, 7) is 1.97. The third-order valence-corrected chi connectivity index (χ3v) is 5.73. The molecule has 4 rings (SSSR count). The van der Waals surface area contributed by atoms with Gasteiger partial charge in [-0.3, -0.25) is 9.48 Å². The number of amides is 1. The van der Waals surface area contributed by atoms with Crippen molar-refractivity contribution in [3.05, 3.63) is 53.3 Å². The molecule has 2 aromatic rings. The fourth-order valence-corrected chi connectivity index (χ4v) is 4.04. The van der Waals surface area contributed by atoms with Crippen molar-refractivity contribution in [1.29, 1.82) is 0 Å². The van der Waals surface area contributed by atoms with Crippen LogP contribution in [-0.4, -0.2) is 46.1 Å². The predicted octanol–water partition coefficient (Wildman–Crippen LogP) is 3.88. The fraction of sp³-hybridized carbons (Fsp3) is 0.522. The van der Waals surface area contributed by atoms with E-state index in [0.717, 1.165) is 31.5 Å². The van der Waals surface area contributed by atoms with Crippen LogP contribution in [0.4, 0.5) is 13.2 Å². The Morgan fingerprint density at radius 1 is 1.15 bits per heavy atom. The monoisotopic (exact) mass is 467 g/mol. The van der Waals surface area contributed by atoms with E-state index in [1.165, 1.54) is 30.4 Å². The summed E-state index contributed by atoms with van der Waals surface area (Å²) in [6.07, 6.45) is 3.44. The second-order valence-corrected chi connectivity index (χ2v) is 8.22. The highest BCUT2D eigenvalue weighted by Crippen LogP contribution is 2.27. The van der Waals surface area contributed by atoms with Crippen LogP contribution in [0.2, 0.25) is 0 Å². The van der Waals surface area contributed by atoms with Crippen molar-refractivity contribution < 1.29 is 32.6 Å². The molecule has 1 atom stereocenters. The minimum absolute atomic E-state index is 0.136. The van der Waals surface area contributed by atoms with E-state index >= 15 is 0 Å². The Morgan fingerprint density at radius 2 is 1.82 bits per heavy atom. The molecule has 1 aliphatic heterocycles. The first-order valence-electron chi connectivity index (χ1n) is 11.0. The van der Waals surface area contributed by atoms with E-state index in [1.807, 2.05) is 22.9 Å². The van der Waals surface area contributed by atoms with E-state index in [0.29, 0.717) is 13.2 Å². The fourth-order valence-electron chi connectivity index (χ4n) is 4.04. The number of alkyl halides is 3. The van der Waals surface area contributed by atoms with Gasteiger partial charge in [0.05, 0.1) is 18.8 Å². The van der Waals surface area contributed by atoms with E-state index < -0.39 is 12.1 Å². The van der Waals surface area contributed by atoms with E-state index in [1.54, 1.807) is 0 Å². The molecule has 0 saturated heterocycles. The summed E-state index contributed by atoms with van der Waals surface area (Å²) in [5, 5.41) is 15.0. The first kappa shape index (κ1) is 24.8. The number of rotatable bonds is 5. The van der Waals surface area contributed by atoms with Gasteiger partial charge in [-0.05, 0) is 30.4 Å². The molecule has 0 radical (unpaired) electrons. The lowest BCUT2D eigenvalue weighted by Gasteiger charge is -2.25. The minimum atomic E-state index is -5.08. The van der Waals surface area contributed by atoms with E-state index in [-0.39, 0.29) is 17.9 Å². The Hall–Kier alpha value is -2.88. The Kier molecular flexibility index (Phi) is 8.49. The summed E-state index contributed by atoms with van der Waals surface area (Å²) < 4.78 is 39.6. The van der Waals surface area contributed by atoms with Crippen LogP contribution in [0.25, 0.3) is 0 Å². The largest absolute Gasteiger partial charge is 0.490 e. The zero-order valence-corrected chi connectivity index (χ0v) is 18.2. The first-order valence-corrected chi connectivity index (χ1v) is 11.0. The molecule has 1 unspecified atom stereocenters. The molecular weight excluding hydrogens is 439 g/mol. The summed E-state index contributed by atoms with van der Waals surface area (Å²) in [6, 6.07) is 10.3. The highest BCUT2D eigenvalue weighted by molar-refractivity contribution is 5.78. The van der Waals surface area contributed by atoms with Crippen LogP contribution in [0.15, 0.2) is 36.5 Å². The van der Waals surface area contributed by atoms with Gasteiger partial charge in [-0.15, -0.1) is 0 Å². The molecule has 2 heterocycles. The van der Waals surface area contributed by atoms with Crippen molar-refractivity contribution in [2.75, 3.05) is 13.2 Å². The van der Waals surface area contributed by atoms with E-state index in [9.17, 15) is 18.0 Å². The molecule has 1 aliphatic carbocycles. The Bertz CT molecular complexity index is 925. The van der Waals surface area contributed by atoms with Crippen molar-refractivity contribution in [3.8, 4) is 0 Å². The van der Waals surface area contributed by atoms with Crippen LogP contribution < -0.4 is 5.32 Å². The molecule has 2 aliphatic rings. The van der Waals surface area contributed by atoms with Gasteiger partial charge in [-0.1, -0.05) is 49.6 Å². The summed E-state index contributed by atoms with van der Waals surface area (Å²) >= 11 is 0. The Morgan fingerprint density at radius 3 is 2.45 bits per heavy atom. The number of nitrogens with one attached hydrogen (secondary N) is 1. The molecule has 1 amide bonds. The number of carboxylic acid groups (broad SMARTS) is 1. The second-order valence-electron chi connectivity index (χ2n) is 8.22. The van der Waals surface area contributed by atoms with E-state index in [2.05, 4.69) is 23.6 Å². The molecule has 0 bridgehead atoms. The Balaban J connectivity index is 0.000000383. The van der Waals surface area contributed by atoms with Crippen molar-refractivity contribution in [2.24, 2.45) is 5.92 Å². The molecule has 1 saturated carbocycles. The maximum Gasteiger partial charge on any atom is 0.490 e. The van der Waals surface area contributed by atoms with Crippen molar-refractivity contribution >= 4 is 11.9 Å². The maximum atomic E-state index is 12.4. The van der Waals surface area contributed by atoms with Gasteiger partial charge < -0.3 is 15.2 Å². The van der Waals surface area contributed by atoms with Crippen molar-refractivity contribution in [3.63, 3.8) is 0 Å². The number of carboxylic acids is 1. The quantitative estimate of drug-likeness (QED) is 0.696. The lowest BCUT2D eigenvalue weighted by atomic mass is 9.88. The summed E-state index contributed by atoms with van der Waals surface area (Å²) in [5.41, 5.74) is 3.45.